The van der Waals surface area contributed by atoms with Crippen LogP contribution in [-0.2, 0) is 24.9 Å². The Morgan fingerprint density at radius 2 is 2.36 bits per heavy atom. The first-order chi connectivity index (χ1) is 10.7. The van der Waals surface area contributed by atoms with Gasteiger partial charge < -0.3 is 14.3 Å². The average Bonchev–Trinajstić information content (AvgIpc) is 3.02. The van der Waals surface area contributed by atoms with Crippen LogP contribution >= 0.6 is 0 Å². The van der Waals surface area contributed by atoms with E-state index in [2.05, 4.69) is 15.2 Å². The van der Waals surface area contributed by atoms with E-state index < -0.39 is 0 Å². The first kappa shape index (κ1) is 13.6. The van der Waals surface area contributed by atoms with Gasteiger partial charge in [0.25, 0.3) is 0 Å². The third kappa shape index (κ3) is 2.54. The second-order valence-corrected chi connectivity index (χ2v) is 6.27. The minimum atomic E-state index is -0.160. The number of rotatable bonds is 4. The molecule has 6 nitrogen and oxygen atoms in total. The Bertz CT molecular complexity index is 672. The Kier molecular flexibility index (Phi) is 3.26. The molecule has 2 aromatic rings. The SMILES string of the molecule is Cn1cnc2c1C(C(=O)NC1CC1)CN(Cc1ccco1)C2. The number of nitrogens with one attached hydrogen (secondary N) is 1. The lowest BCUT2D eigenvalue weighted by Gasteiger charge is -2.31. The number of fused-ring (bicyclic) bond motifs is 1. The van der Waals surface area contributed by atoms with Gasteiger partial charge in [0, 0.05) is 26.2 Å². The molecule has 1 unspecified atom stereocenters. The van der Waals surface area contributed by atoms with Gasteiger partial charge in [0.15, 0.2) is 0 Å². The summed E-state index contributed by atoms with van der Waals surface area (Å²) in [4.78, 5) is 19.3. The van der Waals surface area contributed by atoms with Gasteiger partial charge in [-0.1, -0.05) is 0 Å². The molecule has 0 bridgehead atoms. The van der Waals surface area contributed by atoms with Gasteiger partial charge in [0.1, 0.15) is 5.76 Å². The van der Waals surface area contributed by atoms with Crippen LogP contribution in [-0.4, -0.2) is 32.9 Å². The monoisotopic (exact) mass is 300 g/mol. The van der Waals surface area contributed by atoms with Gasteiger partial charge >= 0.3 is 0 Å². The number of amides is 1. The largest absolute Gasteiger partial charge is 0.468 e. The Hall–Kier alpha value is -2.08. The van der Waals surface area contributed by atoms with Gasteiger partial charge in [0.2, 0.25) is 5.91 Å². The molecule has 22 heavy (non-hydrogen) atoms. The number of nitrogens with zero attached hydrogens (tertiary/aromatic N) is 3. The van der Waals surface area contributed by atoms with Crippen molar-refractivity contribution < 1.29 is 9.21 Å². The minimum Gasteiger partial charge on any atom is -0.468 e. The second-order valence-electron chi connectivity index (χ2n) is 6.27. The van der Waals surface area contributed by atoms with E-state index >= 15 is 0 Å². The zero-order valence-corrected chi connectivity index (χ0v) is 12.7. The molecule has 0 radical (unpaired) electrons. The van der Waals surface area contributed by atoms with Crippen LogP contribution in [0.25, 0.3) is 0 Å². The first-order valence-corrected chi connectivity index (χ1v) is 7.76. The highest BCUT2D eigenvalue weighted by Crippen LogP contribution is 2.30. The number of aromatic nitrogens is 2. The summed E-state index contributed by atoms with van der Waals surface area (Å²) in [5.74, 6) is 0.879. The van der Waals surface area contributed by atoms with Gasteiger partial charge in [-0.25, -0.2) is 4.98 Å². The standard InChI is InChI=1S/C16H20N4O2/c1-19-10-17-14-9-20(7-12-3-2-6-22-12)8-13(15(14)19)16(21)18-11-4-5-11/h2-3,6,10-11,13H,4-5,7-9H2,1H3,(H,18,21). The maximum atomic E-state index is 12.6. The van der Waals surface area contributed by atoms with Crippen LogP contribution in [0.15, 0.2) is 29.1 Å². The summed E-state index contributed by atoms with van der Waals surface area (Å²) in [5.41, 5.74) is 2.05. The molecule has 1 saturated carbocycles. The summed E-state index contributed by atoms with van der Waals surface area (Å²) in [6.07, 6.45) is 5.70. The van der Waals surface area contributed by atoms with Crippen molar-refractivity contribution in [2.45, 2.75) is 37.9 Å². The maximum Gasteiger partial charge on any atom is 0.230 e. The second kappa shape index (κ2) is 5.28. The number of hydrogen-bond donors (Lipinski definition) is 1. The molecule has 0 spiro atoms. The van der Waals surface area contributed by atoms with Crippen LogP contribution in [0, 0.1) is 0 Å². The topological polar surface area (TPSA) is 63.3 Å². The van der Waals surface area contributed by atoms with Crippen molar-refractivity contribution in [1.82, 2.24) is 19.8 Å². The van der Waals surface area contributed by atoms with E-state index in [0.29, 0.717) is 19.1 Å². The summed E-state index contributed by atoms with van der Waals surface area (Å²) >= 11 is 0. The summed E-state index contributed by atoms with van der Waals surface area (Å²) in [6, 6.07) is 4.24. The molecule has 1 atom stereocenters. The molecule has 116 valence electrons. The summed E-state index contributed by atoms with van der Waals surface area (Å²) < 4.78 is 7.41. The molecule has 1 fully saturated rings. The smallest absolute Gasteiger partial charge is 0.230 e. The summed E-state index contributed by atoms with van der Waals surface area (Å²) in [5, 5.41) is 3.13. The highest BCUT2D eigenvalue weighted by atomic mass is 16.3. The molecule has 1 aliphatic carbocycles. The molecule has 0 saturated heterocycles. The number of aryl methyl sites for hydroxylation is 1. The highest BCUT2D eigenvalue weighted by molar-refractivity contribution is 5.84. The molecule has 1 amide bonds. The Balaban J connectivity index is 1.57. The zero-order valence-electron chi connectivity index (χ0n) is 12.7. The van der Waals surface area contributed by atoms with Gasteiger partial charge in [-0.3, -0.25) is 9.69 Å². The van der Waals surface area contributed by atoms with E-state index in [0.717, 1.165) is 36.5 Å². The lowest BCUT2D eigenvalue weighted by molar-refractivity contribution is -0.123. The normalized spacial score (nSPS) is 21.6. The Morgan fingerprint density at radius 3 is 3.09 bits per heavy atom. The number of imidazole rings is 1. The predicted molar refractivity (Wildman–Crippen MR) is 79.9 cm³/mol. The Labute approximate surface area is 129 Å². The maximum absolute atomic E-state index is 12.6. The predicted octanol–water partition coefficient (Wildman–Crippen LogP) is 1.39. The first-order valence-electron chi connectivity index (χ1n) is 7.76. The molecule has 6 heteroatoms. The fourth-order valence-electron chi connectivity index (χ4n) is 3.16. The van der Waals surface area contributed by atoms with Gasteiger partial charge in [-0.05, 0) is 25.0 Å². The van der Waals surface area contributed by atoms with E-state index in [1.165, 1.54) is 0 Å². The van der Waals surface area contributed by atoms with Crippen molar-refractivity contribution in [1.29, 1.82) is 0 Å². The molecule has 2 aromatic heterocycles. The fourth-order valence-corrected chi connectivity index (χ4v) is 3.16. The van der Waals surface area contributed by atoms with Crippen LogP contribution in [0.2, 0.25) is 0 Å². The third-order valence-electron chi connectivity index (χ3n) is 4.41. The Morgan fingerprint density at radius 1 is 1.50 bits per heavy atom. The van der Waals surface area contributed by atoms with Gasteiger partial charge in [-0.2, -0.15) is 0 Å². The molecule has 3 heterocycles. The van der Waals surface area contributed by atoms with E-state index in [1.54, 1.807) is 12.6 Å². The van der Waals surface area contributed by atoms with Crippen LogP contribution in [0.3, 0.4) is 0 Å². The van der Waals surface area contributed by atoms with Crippen LogP contribution in [0.5, 0.6) is 0 Å². The van der Waals surface area contributed by atoms with Crippen LogP contribution in [0.4, 0.5) is 0 Å². The molecule has 1 N–H and O–H groups in total. The van der Waals surface area contributed by atoms with Gasteiger partial charge in [-0.15, -0.1) is 0 Å². The summed E-state index contributed by atoms with van der Waals surface area (Å²) in [7, 11) is 1.96. The molecule has 0 aromatic carbocycles. The zero-order chi connectivity index (χ0) is 15.1. The van der Waals surface area contributed by atoms with E-state index in [-0.39, 0.29) is 11.8 Å². The molecule has 4 rings (SSSR count). The van der Waals surface area contributed by atoms with Crippen molar-refractivity contribution >= 4 is 5.91 Å². The van der Waals surface area contributed by atoms with Crippen molar-refractivity contribution in [2.24, 2.45) is 7.05 Å². The van der Waals surface area contributed by atoms with E-state index in [1.807, 2.05) is 23.7 Å². The molecule has 2 aliphatic rings. The van der Waals surface area contributed by atoms with E-state index in [9.17, 15) is 4.79 Å². The lowest BCUT2D eigenvalue weighted by Crippen LogP contribution is -2.42. The molecular weight excluding hydrogens is 280 g/mol. The van der Waals surface area contributed by atoms with Crippen LogP contribution in [0.1, 0.15) is 35.9 Å². The molecular formula is C16H20N4O2. The highest BCUT2D eigenvalue weighted by Gasteiger charge is 2.36. The average molecular weight is 300 g/mol. The minimum absolute atomic E-state index is 0.122. The van der Waals surface area contributed by atoms with E-state index in [4.69, 9.17) is 4.42 Å². The quantitative estimate of drug-likeness (QED) is 0.927. The molecule has 1 aliphatic heterocycles. The van der Waals surface area contributed by atoms with Crippen molar-refractivity contribution in [3.8, 4) is 0 Å². The number of carbonyl (C=O) groups is 1. The lowest BCUT2D eigenvalue weighted by atomic mass is 9.97. The van der Waals surface area contributed by atoms with Crippen molar-refractivity contribution in [3.63, 3.8) is 0 Å². The van der Waals surface area contributed by atoms with Gasteiger partial charge in [0.05, 0.1) is 36.4 Å². The fraction of sp³-hybridized carbons (Fsp3) is 0.500. The number of furan rings is 1. The van der Waals surface area contributed by atoms with Crippen molar-refractivity contribution in [2.75, 3.05) is 6.54 Å². The van der Waals surface area contributed by atoms with Crippen LogP contribution < -0.4 is 5.32 Å². The third-order valence-corrected chi connectivity index (χ3v) is 4.41. The van der Waals surface area contributed by atoms with Crippen molar-refractivity contribution in [3.05, 3.63) is 41.9 Å². The number of hydrogen-bond acceptors (Lipinski definition) is 4. The summed E-state index contributed by atoms with van der Waals surface area (Å²) in [6.45, 7) is 2.16. The number of carbonyl (C=O) groups excluding carboxylic acids is 1.